The molecule has 2 aromatic carbocycles. The zero-order valence-corrected chi connectivity index (χ0v) is 28.9. The number of hydrogen-bond acceptors (Lipinski definition) is 9. The number of aliphatic carboxylic acids is 1. The van der Waals surface area contributed by atoms with Crippen molar-refractivity contribution in [1.29, 1.82) is 0 Å². The van der Waals surface area contributed by atoms with Crippen LogP contribution in [0.25, 0.3) is 0 Å². The van der Waals surface area contributed by atoms with E-state index in [9.17, 15) is 37.8 Å². The molecule has 1 saturated heterocycles. The lowest BCUT2D eigenvalue weighted by Gasteiger charge is -2.35. The summed E-state index contributed by atoms with van der Waals surface area (Å²) in [5.74, 6) is -3.19. The lowest BCUT2D eigenvalue weighted by Crippen LogP contribution is -2.53. The molecule has 2 unspecified atom stereocenters. The normalized spacial score (nSPS) is 14.9. The number of amides is 4. The molecule has 0 aromatic heterocycles. The molecule has 14 nitrogen and oxygen atoms in total. The minimum absolute atomic E-state index is 0.0193. The number of hydrogen-bond donors (Lipinski definition) is 2. The molecule has 0 saturated carbocycles. The average molecular weight is 688 g/mol. The lowest BCUT2D eigenvalue weighted by molar-refractivity contribution is -0.150. The Balaban J connectivity index is 1.90. The Bertz CT molecular complexity index is 1540. The summed E-state index contributed by atoms with van der Waals surface area (Å²) < 4.78 is 35.5. The van der Waals surface area contributed by atoms with Crippen LogP contribution in [-0.4, -0.2) is 79.8 Å². The van der Waals surface area contributed by atoms with Crippen molar-refractivity contribution in [3.8, 4) is 5.75 Å². The van der Waals surface area contributed by atoms with Crippen LogP contribution in [0, 0.1) is 5.92 Å². The van der Waals surface area contributed by atoms with E-state index in [4.69, 9.17) is 9.47 Å². The predicted octanol–water partition coefficient (Wildman–Crippen LogP) is 4.41. The number of carboxylic acid groups (broad SMARTS) is 1. The van der Waals surface area contributed by atoms with Gasteiger partial charge in [0, 0.05) is 60.7 Å². The third-order valence-electron chi connectivity index (χ3n) is 7.81. The molecule has 15 heteroatoms. The number of anilines is 2. The van der Waals surface area contributed by atoms with E-state index >= 15 is 0 Å². The first-order chi connectivity index (χ1) is 22.6. The monoisotopic (exact) mass is 687 g/mol. The fourth-order valence-electron chi connectivity index (χ4n) is 5.09. The van der Waals surface area contributed by atoms with Crippen LogP contribution in [0.5, 0.6) is 5.75 Å². The second-order valence-electron chi connectivity index (χ2n) is 12.4. The van der Waals surface area contributed by atoms with E-state index in [-0.39, 0.29) is 44.5 Å². The molecule has 2 aromatic rings. The second-order valence-corrected chi connectivity index (χ2v) is 13.3. The fraction of sp³-hybridized carbons (Fsp3) is 0.485. The van der Waals surface area contributed by atoms with Gasteiger partial charge in [-0.15, -0.1) is 0 Å². The van der Waals surface area contributed by atoms with Crippen LogP contribution in [0.3, 0.4) is 0 Å². The number of esters is 1. The van der Waals surface area contributed by atoms with Crippen molar-refractivity contribution in [2.45, 2.75) is 72.3 Å². The molecule has 2 atom stereocenters. The Morgan fingerprint density at radius 2 is 1.79 bits per heavy atom. The quantitative estimate of drug-likeness (QED) is 0.201. The number of nitrogens with one attached hydrogen (secondary N) is 1. The van der Waals surface area contributed by atoms with E-state index in [1.54, 1.807) is 37.3 Å². The molecule has 1 aliphatic heterocycles. The highest BCUT2D eigenvalue weighted by Gasteiger charge is 2.36. The van der Waals surface area contributed by atoms with E-state index in [1.165, 1.54) is 18.1 Å². The number of carbonyl (C=O) groups is 5. The van der Waals surface area contributed by atoms with Gasteiger partial charge in [0.25, 0.3) is 5.91 Å². The maximum atomic E-state index is 13.8. The number of carbonyl (C=O) groups excluding carboxylic acids is 4. The van der Waals surface area contributed by atoms with Gasteiger partial charge < -0.3 is 24.4 Å². The summed E-state index contributed by atoms with van der Waals surface area (Å²) in [6.07, 6.45) is 0.959. The first-order valence-corrected chi connectivity index (χ1v) is 16.6. The summed E-state index contributed by atoms with van der Waals surface area (Å²) in [5.41, 5.74) is 1.54. The molecule has 1 heterocycles. The van der Waals surface area contributed by atoms with Crippen LogP contribution >= 0.6 is 0 Å². The summed E-state index contributed by atoms with van der Waals surface area (Å²) in [6.45, 7) is 8.55. The average Bonchev–Trinajstić information content (AvgIpc) is 3.02. The van der Waals surface area contributed by atoms with E-state index in [0.717, 1.165) is 9.21 Å². The highest BCUT2D eigenvalue weighted by Crippen LogP contribution is 2.39. The number of nitrogens with zero attached hydrogens (tertiary/aromatic N) is 3. The largest absolute Gasteiger partial charge is 0.760 e. The second kappa shape index (κ2) is 16.7. The van der Waals surface area contributed by atoms with Crippen molar-refractivity contribution in [3.05, 3.63) is 53.1 Å². The number of ether oxygens (including phenoxy) is 2. The van der Waals surface area contributed by atoms with Gasteiger partial charge in [0.1, 0.15) is 5.75 Å². The number of imide groups is 1. The predicted molar refractivity (Wildman–Crippen MR) is 177 cm³/mol. The smallest absolute Gasteiger partial charge is 0.333 e. The van der Waals surface area contributed by atoms with Crippen molar-refractivity contribution in [3.63, 3.8) is 0 Å². The van der Waals surface area contributed by atoms with Crippen LogP contribution in [0.15, 0.2) is 36.4 Å². The molecule has 4 amide bonds. The molecule has 1 fully saturated rings. The van der Waals surface area contributed by atoms with Gasteiger partial charge >= 0.3 is 18.0 Å². The molecule has 0 aliphatic carbocycles. The molecule has 262 valence electrons. The highest BCUT2D eigenvalue weighted by molar-refractivity contribution is 7.76. The Kier molecular flexibility index (Phi) is 13.2. The van der Waals surface area contributed by atoms with Gasteiger partial charge in [-0.25, -0.2) is 14.0 Å². The van der Waals surface area contributed by atoms with Crippen LogP contribution in [-0.2, 0) is 42.3 Å². The highest BCUT2D eigenvalue weighted by atomic mass is 32.2. The lowest BCUT2D eigenvalue weighted by atomic mass is 9.84. The van der Waals surface area contributed by atoms with Gasteiger partial charge in [0.2, 0.25) is 5.91 Å². The van der Waals surface area contributed by atoms with Crippen molar-refractivity contribution >= 4 is 52.4 Å². The maximum absolute atomic E-state index is 13.8. The summed E-state index contributed by atoms with van der Waals surface area (Å²) in [6, 6.07) is 8.97. The number of methoxy groups -OCH3 is 1. The van der Waals surface area contributed by atoms with E-state index in [0.29, 0.717) is 34.7 Å². The molecule has 48 heavy (non-hydrogen) atoms. The zero-order valence-electron chi connectivity index (χ0n) is 28.1. The Morgan fingerprint density at radius 3 is 2.33 bits per heavy atom. The van der Waals surface area contributed by atoms with Crippen molar-refractivity contribution < 1.29 is 47.3 Å². The van der Waals surface area contributed by atoms with Gasteiger partial charge in [-0.3, -0.25) is 28.3 Å². The number of benzene rings is 2. The van der Waals surface area contributed by atoms with Gasteiger partial charge in [0.15, 0.2) is 6.73 Å². The maximum Gasteiger partial charge on any atom is 0.333 e. The standard InChI is InChI=1S/C33H44N4O10S/c1-7-9-28(39)47-20-37-27(38)14-15-36(32(37)43)24-16-25(29(46-6)26(17-24)33(3,4)5)30(40)34-23-12-10-21(11-13-23)18-35(48(44)45)19-22(8-2)31(41)42/h10-13,16-17,22H,7-9,14-15,18-20H2,1-6H3,(H,34,40)(H,41,42)(H,44,45)/p-1. The Labute approximate surface area is 282 Å². The summed E-state index contributed by atoms with van der Waals surface area (Å²) in [7, 11) is 1.44. The summed E-state index contributed by atoms with van der Waals surface area (Å²) in [4.78, 5) is 65.4. The summed E-state index contributed by atoms with van der Waals surface area (Å²) in [5, 5.41) is 12.2. The minimum atomic E-state index is -2.65. The molecule has 0 bridgehead atoms. The molecular formula is C33H43N4O10S-. The Hall–Kier alpha value is -4.34. The van der Waals surface area contributed by atoms with Gasteiger partial charge in [-0.1, -0.05) is 46.8 Å². The number of rotatable bonds is 15. The number of urea groups is 1. The SMILES string of the molecule is CCCC(=O)OCN1C(=O)CCN(c2cc(C(=O)Nc3ccc(CN(CC(CC)C(=O)O)S(=O)[O-])cc3)c(OC)c(C(C)(C)C)c2)C1=O. The van der Waals surface area contributed by atoms with Crippen LogP contribution in [0.2, 0.25) is 0 Å². The van der Waals surface area contributed by atoms with Crippen molar-refractivity contribution in [2.24, 2.45) is 5.92 Å². The third kappa shape index (κ3) is 9.61. The zero-order chi connectivity index (χ0) is 35.8. The van der Waals surface area contributed by atoms with E-state index in [1.807, 2.05) is 27.7 Å². The van der Waals surface area contributed by atoms with Crippen LogP contribution < -0.4 is 15.0 Å². The minimum Gasteiger partial charge on any atom is -0.760 e. The molecule has 1 aliphatic rings. The fourth-order valence-corrected chi connectivity index (χ4v) is 5.64. The first-order valence-electron chi connectivity index (χ1n) is 15.6. The summed E-state index contributed by atoms with van der Waals surface area (Å²) >= 11 is -2.65. The van der Waals surface area contributed by atoms with Gasteiger partial charge in [-0.2, -0.15) is 0 Å². The molecule has 0 radical (unpaired) electrons. The van der Waals surface area contributed by atoms with Crippen molar-refractivity contribution in [2.75, 3.05) is 37.1 Å². The van der Waals surface area contributed by atoms with Crippen LogP contribution in [0.4, 0.5) is 16.2 Å². The topological polar surface area (TPSA) is 186 Å². The number of carboxylic acids is 1. The first kappa shape index (κ1) is 38.1. The van der Waals surface area contributed by atoms with Crippen molar-refractivity contribution in [1.82, 2.24) is 9.21 Å². The van der Waals surface area contributed by atoms with Crippen LogP contribution in [0.1, 0.15) is 81.8 Å². The molecule has 2 N–H and O–H groups in total. The van der Waals surface area contributed by atoms with Gasteiger partial charge in [0.05, 0.1) is 18.6 Å². The molecular weight excluding hydrogens is 644 g/mol. The van der Waals surface area contributed by atoms with Gasteiger partial charge in [-0.05, 0) is 48.1 Å². The van der Waals surface area contributed by atoms with E-state index < -0.39 is 59.1 Å². The van der Waals surface area contributed by atoms with E-state index in [2.05, 4.69) is 5.32 Å². The molecule has 0 spiro atoms. The molecule has 3 rings (SSSR count). The Morgan fingerprint density at radius 1 is 1.12 bits per heavy atom. The third-order valence-corrected chi connectivity index (χ3v) is 8.51.